The van der Waals surface area contributed by atoms with Crippen LogP contribution in [0.4, 0.5) is 0 Å². The molecular weight excluding hydrogens is 280 g/mol. The van der Waals surface area contributed by atoms with Crippen molar-refractivity contribution < 1.29 is 4.79 Å². The zero-order valence-electron chi connectivity index (χ0n) is 10.2. The van der Waals surface area contributed by atoms with E-state index in [4.69, 9.17) is 5.73 Å². The molecule has 0 radical (unpaired) electrons. The Kier molecular flexibility index (Phi) is 5.65. The molecule has 0 aliphatic rings. The first kappa shape index (κ1) is 14.2. The van der Waals surface area contributed by atoms with Crippen molar-refractivity contribution in [2.24, 2.45) is 5.73 Å². The monoisotopic (exact) mass is 298 g/mol. The van der Waals surface area contributed by atoms with Gasteiger partial charge in [-0.05, 0) is 31.9 Å². The molecule has 94 valence electrons. The molecule has 0 aliphatic heterocycles. The normalized spacial score (nSPS) is 14.3. The average molecular weight is 299 g/mol. The van der Waals surface area contributed by atoms with Crippen LogP contribution in [0.5, 0.6) is 0 Å². The van der Waals surface area contributed by atoms with E-state index in [0.29, 0.717) is 12.5 Å². The fourth-order valence-electron chi connectivity index (χ4n) is 1.90. The van der Waals surface area contributed by atoms with Gasteiger partial charge in [0.25, 0.3) is 0 Å². The second-order valence-electron chi connectivity index (χ2n) is 4.43. The third-order valence-electron chi connectivity index (χ3n) is 2.56. The topological polar surface area (TPSA) is 55.1 Å². The van der Waals surface area contributed by atoms with E-state index in [-0.39, 0.29) is 11.9 Å². The highest BCUT2D eigenvalue weighted by atomic mass is 79.9. The third kappa shape index (κ3) is 5.33. The Labute approximate surface area is 111 Å². The molecule has 0 saturated carbocycles. The number of carbonyl (C=O) groups is 1. The Hall–Kier alpha value is -0.870. The van der Waals surface area contributed by atoms with Crippen LogP contribution in [0.15, 0.2) is 28.7 Å². The zero-order chi connectivity index (χ0) is 12.8. The molecule has 4 heteroatoms. The smallest absolute Gasteiger partial charge is 0.218 e. The fourth-order valence-corrected chi connectivity index (χ4v) is 2.35. The van der Waals surface area contributed by atoms with Crippen LogP contribution in [0.2, 0.25) is 0 Å². The van der Waals surface area contributed by atoms with Crippen LogP contribution in [0.1, 0.15) is 25.8 Å². The summed E-state index contributed by atoms with van der Waals surface area (Å²) >= 11 is 3.53. The number of hydrogen-bond acceptors (Lipinski definition) is 2. The van der Waals surface area contributed by atoms with Gasteiger partial charge in [-0.25, -0.2) is 0 Å². The van der Waals surface area contributed by atoms with Gasteiger partial charge in [-0.1, -0.05) is 34.1 Å². The van der Waals surface area contributed by atoms with E-state index < -0.39 is 0 Å². The molecule has 3 N–H and O–H groups in total. The van der Waals surface area contributed by atoms with Crippen molar-refractivity contribution in [1.29, 1.82) is 0 Å². The highest BCUT2D eigenvalue weighted by Gasteiger charge is 2.11. The minimum absolute atomic E-state index is 0.116. The van der Waals surface area contributed by atoms with Crippen molar-refractivity contribution in [2.75, 3.05) is 0 Å². The van der Waals surface area contributed by atoms with Crippen LogP contribution in [0.25, 0.3) is 0 Å². The Balaban J connectivity index is 2.47. The number of rotatable bonds is 6. The molecular formula is C13H19BrN2O. The molecule has 0 aliphatic carbocycles. The minimum Gasteiger partial charge on any atom is -0.370 e. The van der Waals surface area contributed by atoms with Crippen molar-refractivity contribution in [1.82, 2.24) is 5.32 Å². The molecule has 1 rings (SSSR count). The lowest BCUT2D eigenvalue weighted by Gasteiger charge is -2.19. The molecule has 0 spiro atoms. The largest absolute Gasteiger partial charge is 0.370 e. The first-order valence-corrected chi connectivity index (χ1v) is 6.56. The van der Waals surface area contributed by atoms with Crippen molar-refractivity contribution >= 4 is 21.8 Å². The van der Waals surface area contributed by atoms with Gasteiger partial charge in [0.1, 0.15) is 0 Å². The van der Waals surface area contributed by atoms with Crippen LogP contribution in [0.3, 0.4) is 0 Å². The quantitative estimate of drug-likeness (QED) is 0.846. The lowest BCUT2D eigenvalue weighted by molar-refractivity contribution is -0.118. The van der Waals surface area contributed by atoms with Gasteiger partial charge in [0.05, 0.1) is 0 Å². The van der Waals surface area contributed by atoms with Crippen LogP contribution in [0, 0.1) is 0 Å². The predicted molar refractivity (Wildman–Crippen MR) is 73.7 cm³/mol. The van der Waals surface area contributed by atoms with Gasteiger partial charge in [-0.3, -0.25) is 4.79 Å². The molecule has 0 heterocycles. The second-order valence-corrected chi connectivity index (χ2v) is 5.29. The summed E-state index contributed by atoms with van der Waals surface area (Å²) in [7, 11) is 0. The SMILES string of the molecule is C[C@H](CC(N)=O)N[C@@H](C)Cc1ccccc1Br. The summed E-state index contributed by atoms with van der Waals surface area (Å²) in [5.74, 6) is -0.266. The van der Waals surface area contributed by atoms with Crippen molar-refractivity contribution in [3.8, 4) is 0 Å². The summed E-state index contributed by atoms with van der Waals surface area (Å²) < 4.78 is 1.12. The van der Waals surface area contributed by atoms with E-state index in [1.54, 1.807) is 0 Å². The predicted octanol–water partition coefficient (Wildman–Crippen LogP) is 2.23. The number of hydrogen-bond donors (Lipinski definition) is 2. The van der Waals surface area contributed by atoms with Crippen molar-refractivity contribution in [3.63, 3.8) is 0 Å². The molecule has 0 saturated heterocycles. The van der Waals surface area contributed by atoms with Gasteiger partial charge in [-0.2, -0.15) is 0 Å². The highest BCUT2D eigenvalue weighted by Crippen LogP contribution is 2.17. The Morgan fingerprint density at radius 3 is 2.59 bits per heavy atom. The number of benzene rings is 1. The summed E-state index contributed by atoms with van der Waals surface area (Å²) in [6, 6.07) is 8.59. The van der Waals surface area contributed by atoms with Gasteiger partial charge < -0.3 is 11.1 Å². The van der Waals surface area contributed by atoms with Gasteiger partial charge in [0.2, 0.25) is 5.91 Å². The molecule has 17 heavy (non-hydrogen) atoms. The number of carbonyl (C=O) groups excluding carboxylic acids is 1. The zero-order valence-corrected chi connectivity index (χ0v) is 11.8. The van der Waals surface area contributed by atoms with Crippen molar-refractivity contribution in [3.05, 3.63) is 34.3 Å². The number of amides is 1. The maximum absolute atomic E-state index is 10.8. The first-order chi connectivity index (χ1) is 7.99. The summed E-state index contributed by atoms with van der Waals surface area (Å²) in [4.78, 5) is 10.8. The standard InChI is InChI=1S/C13H19BrN2O/c1-9(16-10(2)8-13(15)17)7-11-5-3-4-6-12(11)14/h3-6,9-10,16H,7-8H2,1-2H3,(H2,15,17)/t9-,10+/m0/s1. The van der Waals surface area contributed by atoms with Gasteiger partial charge in [0, 0.05) is 23.0 Å². The number of nitrogens with two attached hydrogens (primary N) is 1. The average Bonchev–Trinajstić information content (AvgIpc) is 2.19. The second kappa shape index (κ2) is 6.77. The Morgan fingerprint density at radius 2 is 2.00 bits per heavy atom. The minimum atomic E-state index is -0.266. The Morgan fingerprint density at radius 1 is 1.35 bits per heavy atom. The van der Waals surface area contributed by atoms with E-state index in [1.807, 2.05) is 25.1 Å². The lowest BCUT2D eigenvalue weighted by Crippen LogP contribution is -2.38. The number of nitrogens with one attached hydrogen (secondary N) is 1. The molecule has 0 bridgehead atoms. The fraction of sp³-hybridized carbons (Fsp3) is 0.462. The maximum atomic E-state index is 10.8. The van der Waals surface area contributed by atoms with E-state index in [2.05, 4.69) is 34.2 Å². The van der Waals surface area contributed by atoms with Crippen molar-refractivity contribution in [2.45, 2.75) is 38.8 Å². The molecule has 0 unspecified atom stereocenters. The van der Waals surface area contributed by atoms with Crippen LogP contribution in [-0.2, 0) is 11.2 Å². The van der Waals surface area contributed by atoms with Gasteiger partial charge >= 0.3 is 0 Å². The highest BCUT2D eigenvalue weighted by molar-refractivity contribution is 9.10. The van der Waals surface area contributed by atoms with E-state index in [9.17, 15) is 4.79 Å². The van der Waals surface area contributed by atoms with Gasteiger partial charge in [-0.15, -0.1) is 0 Å². The third-order valence-corrected chi connectivity index (χ3v) is 3.33. The number of halogens is 1. The Bertz CT molecular complexity index is 381. The molecule has 1 aromatic carbocycles. The van der Waals surface area contributed by atoms with Crippen LogP contribution < -0.4 is 11.1 Å². The molecule has 1 amide bonds. The van der Waals surface area contributed by atoms with E-state index >= 15 is 0 Å². The first-order valence-electron chi connectivity index (χ1n) is 5.76. The van der Waals surface area contributed by atoms with E-state index in [1.165, 1.54) is 5.56 Å². The van der Waals surface area contributed by atoms with E-state index in [0.717, 1.165) is 10.9 Å². The van der Waals surface area contributed by atoms with Crippen LogP contribution in [-0.4, -0.2) is 18.0 Å². The summed E-state index contributed by atoms with van der Waals surface area (Å²) in [6.45, 7) is 4.08. The molecule has 3 nitrogen and oxygen atoms in total. The molecule has 0 fully saturated rings. The molecule has 1 aromatic rings. The summed E-state index contributed by atoms with van der Waals surface area (Å²) in [5, 5.41) is 3.37. The summed E-state index contributed by atoms with van der Waals surface area (Å²) in [6.07, 6.45) is 1.30. The maximum Gasteiger partial charge on any atom is 0.218 e. The molecule has 2 atom stereocenters. The lowest BCUT2D eigenvalue weighted by atomic mass is 10.1. The van der Waals surface area contributed by atoms with Crippen LogP contribution >= 0.6 is 15.9 Å². The summed E-state index contributed by atoms with van der Waals surface area (Å²) in [5.41, 5.74) is 6.42. The molecule has 0 aromatic heterocycles. The number of primary amides is 1. The van der Waals surface area contributed by atoms with Gasteiger partial charge in [0.15, 0.2) is 0 Å².